The fourth-order valence-corrected chi connectivity index (χ4v) is 3.29. The van der Waals surface area contributed by atoms with Crippen LogP contribution in [0, 0.1) is 11.2 Å². The Bertz CT molecular complexity index is 483. The molecule has 1 unspecified atom stereocenters. The molecule has 1 atom stereocenters. The van der Waals surface area contributed by atoms with Crippen molar-refractivity contribution < 1.29 is 9.18 Å². The van der Waals surface area contributed by atoms with Gasteiger partial charge in [0.25, 0.3) is 0 Å². The van der Waals surface area contributed by atoms with E-state index in [0.29, 0.717) is 18.5 Å². The predicted molar refractivity (Wildman–Crippen MR) is 82.1 cm³/mol. The number of halogens is 1. The average Bonchev–Trinajstić information content (AvgIpc) is 2.48. The van der Waals surface area contributed by atoms with E-state index in [4.69, 9.17) is 5.73 Å². The van der Waals surface area contributed by atoms with Crippen LogP contribution in [-0.2, 0) is 4.79 Å². The van der Waals surface area contributed by atoms with Crippen molar-refractivity contribution in [3.8, 4) is 0 Å². The first kappa shape index (κ1) is 16.0. The van der Waals surface area contributed by atoms with Gasteiger partial charge in [0, 0.05) is 12.0 Å². The Kier molecular flexibility index (Phi) is 5.34. The predicted octanol–water partition coefficient (Wildman–Crippen LogP) is 3.30. The van der Waals surface area contributed by atoms with Gasteiger partial charge in [-0.15, -0.1) is 0 Å². The second-order valence-corrected chi connectivity index (χ2v) is 6.25. The van der Waals surface area contributed by atoms with E-state index in [1.54, 1.807) is 18.2 Å². The van der Waals surface area contributed by atoms with Gasteiger partial charge in [-0.25, -0.2) is 4.39 Å². The highest BCUT2D eigenvalue weighted by atomic mass is 19.1. The van der Waals surface area contributed by atoms with Crippen molar-refractivity contribution in [3.63, 3.8) is 0 Å². The van der Waals surface area contributed by atoms with Gasteiger partial charge >= 0.3 is 0 Å². The van der Waals surface area contributed by atoms with E-state index in [9.17, 15) is 9.18 Å². The molecule has 3 N–H and O–H groups in total. The summed E-state index contributed by atoms with van der Waals surface area (Å²) in [5, 5.41) is 2.91. The molecule has 116 valence electrons. The topological polar surface area (TPSA) is 55.1 Å². The molecule has 4 heteroatoms. The van der Waals surface area contributed by atoms with E-state index in [1.807, 2.05) is 6.92 Å². The molecular weight excluding hydrogens is 267 g/mol. The smallest absolute Gasteiger partial charge is 0.221 e. The van der Waals surface area contributed by atoms with Crippen LogP contribution in [0.1, 0.15) is 57.1 Å². The molecule has 0 bridgehead atoms. The summed E-state index contributed by atoms with van der Waals surface area (Å²) in [6.45, 7) is 2.36. The fourth-order valence-electron chi connectivity index (χ4n) is 3.29. The zero-order valence-electron chi connectivity index (χ0n) is 12.7. The summed E-state index contributed by atoms with van der Waals surface area (Å²) in [6.07, 6.45) is 6.01. The third kappa shape index (κ3) is 4.03. The van der Waals surface area contributed by atoms with Gasteiger partial charge < -0.3 is 11.1 Å². The lowest BCUT2D eigenvalue weighted by atomic mass is 9.71. The van der Waals surface area contributed by atoms with Crippen LogP contribution >= 0.6 is 0 Å². The summed E-state index contributed by atoms with van der Waals surface area (Å²) in [6, 6.07) is 6.24. The lowest BCUT2D eigenvalue weighted by molar-refractivity contribution is -0.124. The van der Waals surface area contributed by atoms with Gasteiger partial charge in [0.1, 0.15) is 5.82 Å². The van der Waals surface area contributed by atoms with Crippen molar-refractivity contribution in [1.82, 2.24) is 5.32 Å². The number of hydrogen-bond acceptors (Lipinski definition) is 2. The van der Waals surface area contributed by atoms with Crippen LogP contribution in [0.25, 0.3) is 0 Å². The molecule has 21 heavy (non-hydrogen) atoms. The summed E-state index contributed by atoms with van der Waals surface area (Å²) in [5.74, 6) is -0.311. The van der Waals surface area contributed by atoms with E-state index >= 15 is 0 Å². The minimum Gasteiger partial charge on any atom is -0.349 e. The second kappa shape index (κ2) is 7.03. The summed E-state index contributed by atoms with van der Waals surface area (Å²) >= 11 is 0. The highest BCUT2D eigenvalue weighted by Crippen LogP contribution is 2.38. The number of carbonyl (C=O) groups is 1. The van der Waals surface area contributed by atoms with Gasteiger partial charge in [0.15, 0.2) is 0 Å². The molecule has 1 amide bonds. The van der Waals surface area contributed by atoms with Gasteiger partial charge in [-0.3, -0.25) is 4.79 Å². The van der Waals surface area contributed by atoms with Crippen molar-refractivity contribution in [2.45, 2.75) is 51.5 Å². The van der Waals surface area contributed by atoms with Crippen LogP contribution in [0.4, 0.5) is 4.39 Å². The van der Waals surface area contributed by atoms with E-state index < -0.39 is 0 Å². The van der Waals surface area contributed by atoms with Crippen molar-refractivity contribution in [2.24, 2.45) is 11.1 Å². The SMILES string of the molecule is CC(NC(=O)CC1(CN)CCCCC1)c1ccccc1F. The average molecular weight is 292 g/mol. The molecule has 3 nitrogen and oxygen atoms in total. The summed E-state index contributed by atoms with van der Waals surface area (Å²) < 4.78 is 13.7. The summed E-state index contributed by atoms with van der Waals surface area (Å²) in [5.41, 5.74) is 6.38. The molecule has 0 heterocycles. The first-order chi connectivity index (χ1) is 10.1. The number of nitrogens with one attached hydrogen (secondary N) is 1. The highest BCUT2D eigenvalue weighted by molar-refractivity contribution is 5.77. The van der Waals surface area contributed by atoms with Gasteiger partial charge in [-0.1, -0.05) is 37.5 Å². The molecule has 0 radical (unpaired) electrons. The Morgan fingerprint density at radius 3 is 2.62 bits per heavy atom. The van der Waals surface area contributed by atoms with Crippen LogP contribution in [-0.4, -0.2) is 12.5 Å². The van der Waals surface area contributed by atoms with Crippen LogP contribution in [0.3, 0.4) is 0 Å². The zero-order chi connectivity index (χ0) is 15.3. The molecule has 1 saturated carbocycles. The third-order valence-electron chi connectivity index (χ3n) is 4.63. The third-order valence-corrected chi connectivity index (χ3v) is 4.63. The Balaban J connectivity index is 1.96. The minimum absolute atomic E-state index is 0.0295. The molecular formula is C17H25FN2O. The second-order valence-electron chi connectivity index (χ2n) is 6.25. The Morgan fingerprint density at radius 2 is 2.00 bits per heavy atom. The Hall–Kier alpha value is -1.42. The zero-order valence-corrected chi connectivity index (χ0v) is 12.7. The Morgan fingerprint density at radius 1 is 1.33 bits per heavy atom. The van der Waals surface area contributed by atoms with Gasteiger partial charge in [-0.2, -0.15) is 0 Å². The molecule has 1 aromatic rings. The standard InChI is InChI=1S/C17H25FN2O/c1-13(14-7-3-4-8-15(14)18)20-16(21)11-17(12-19)9-5-2-6-10-17/h3-4,7-8,13H,2,5-6,9-12,19H2,1H3,(H,20,21). The van der Waals surface area contributed by atoms with Gasteiger partial charge in [0.05, 0.1) is 6.04 Å². The van der Waals surface area contributed by atoms with Gasteiger partial charge in [0.2, 0.25) is 5.91 Å². The molecule has 0 saturated heterocycles. The van der Waals surface area contributed by atoms with E-state index in [0.717, 1.165) is 25.7 Å². The normalized spacial score (nSPS) is 19.0. The van der Waals surface area contributed by atoms with Crippen molar-refractivity contribution in [2.75, 3.05) is 6.54 Å². The number of carbonyl (C=O) groups excluding carboxylic acids is 1. The lowest BCUT2D eigenvalue weighted by Crippen LogP contribution is -2.39. The summed E-state index contributed by atoms with van der Waals surface area (Å²) in [7, 11) is 0. The van der Waals surface area contributed by atoms with Crippen molar-refractivity contribution in [1.29, 1.82) is 0 Å². The first-order valence-electron chi connectivity index (χ1n) is 7.80. The van der Waals surface area contributed by atoms with Crippen LogP contribution in [0.5, 0.6) is 0 Å². The number of rotatable bonds is 5. The van der Waals surface area contributed by atoms with Crippen molar-refractivity contribution >= 4 is 5.91 Å². The monoisotopic (exact) mass is 292 g/mol. The van der Waals surface area contributed by atoms with Crippen LogP contribution < -0.4 is 11.1 Å². The minimum atomic E-state index is -0.322. The Labute approximate surface area is 126 Å². The lowest BCUT2D eigenvalue weighted by Gasteiger charge is -2.36. The maximum Gasteiger partial charge on any atom is 0.221 e. The maximum atomic E-state index is 13.7. The molecule has 1 aromatic carbocycles. The highest BCUT2D eigenvalue weighted by Gasteiger charge is 2.33. The molecule has 0 spiro atoms. The molecule has 1 aliphatic rings. The number of hydrogen-bond donors (Lipinski definition) is 2. The van der Waals surface area contributed by atoms with E-state index in [-0.39, 0.29) is 23.2 Å². The molecule has 1 fully saturated rings. The molecule has 0 aromatic heterocycles. The van der Waals surface area contributed by atoms with Crippen molar-refractivity contribution in [3.05, 3.63) is 35.6 Å². The molecule has 2 rings (SSSR count). The summed E-state index contributed by atoms with van der Waals surface area (Å²) in [4.78, 5) is 12.3. The maximum absolute atomic E-state index is 13.7. The molecule has 1 aliphatic carbocycles. The fraction of sp³-hybridized carbons (Fsp3) is 0.588. The van der Waals surface area contributed by atoms with Crippen LogP contribution in [0.15, 0.2) is 24.3 Å². The van der Waals surface area contributed by atoms with E-state index in [1.165, 1.54) is 12.5 Å². The largest absolute Gasteiger partial charge is 0.349 e. The van der Waals surface area contributed by atoms with E-state index in [2.05, 4.69) is 5.32 Å². The number of nitrogens with two attached hydrogens (primary N) is 1. The number of amides is 1. The molecule has 0 aliphatic heterocycles. The number of benzene rings is 1. The van der Waals surface area contributed by atoms with Crippen LogP contribution in [0.2, 0.25) is 0 Å². The first-order valence-corrected chi connectivity index (χ1v) is 7.80. The quantitative estimate of drug-likeness (QED) is 0.875. The van der Waals surface area contributed by atoms with Gasteiger partial charge in [-0.05, 0) is 37.8 Å².